The quantitative estimate of drug-likeness (QED) is 0.195. The lowest BCUT2D eigenvalue weighted by Crippen LogP contribution is -2.00. The summed E-state index contributed by atoms with van der Waals surface area (Å²) in [5.41, 5.74) is 11.9. The van der Waals surface area contributed by atoms with E-state index < -0.39 is 0 Å². The number of benzene rings is 7. The van der Waals surface area contributed by atoms with Crippen molar-refractivity contribution < 1.29 is 8.83 Å². The van der Waals surface area contributed by atoms with Gasteiger partial charge in [-0.1, -0.05) is 127 Å². The van der Waals surface area contributed by atoms with Gasteiger partial charge in [0.25, 0.3) is 0 Å². The van der Waals surface area contributed by atoms with Gasteiger partial charge in [-0.25, -0.2) is 4.99 Å². The molecule has 0 amide bonds. The fourth-order valence-electron chi connectivity index (χ4n) is 7.41. The first-order chi connectivity index (χ1) is 24.3. The van der Waals surface area contributed by atoms with Gasteiger partial charge in [0.1, 0.15) is 22.3 Å². The predicted molar refractivity (Wildman–Crippen MR) is 204 cm³/mol. The molecular formula is C46H29NO2. The molecule has 3 nitrogen and oxygen atoms in total. The highest BCUT2D eigenvalue weighted by molar-refractivity contribution is 6.27. The second-order valence-corrected chi connectivity index (χ2v) is 12.6. The van der Waals surface area contributed by atoms with Crippen molar-refractivity contribution in [1.29, 1.82) is 0 Å². The summed E-state index contributed by atoms with van der Waals surface area (Å²) in [6.45, 7) is 0. The largest absolute Gasteiger partial charge is 0.456 e. The Balaban J connectivity index is 1.25. The van der Waals surface area contributed by atoms with Gasteiger partial charge in [-0.15, -0.1) is 0 Å². The molecule has 0 saturated heterocycles. The molecule has 0 N–H and O–H groups in total. The molecule has 10 rings (SSSR count). The van der Waals surface area contributed by atoms with Crippen molar-refractivity contribution in [1.82, 2.24) is 0 Å². The topological polar surface area (TPSA) is 38.6 Å². The Hall–Kier alpha value is -6.45. The van der Waals surface area contributed by atoms with Crippen molar-refractivity contribution in [3.63, 3.8) is 0 Å². The highest BCUT2D eigenvalue weighted by Crippen LogP contribution is 2.44. The van der Waals surface area contributed by atoms with Gasteiger partial charge in [-0.2, -0.15) is 0 Å². The van der Waals surface area contributed by atoms with E-state index in [4.69, 9.17) is 13.8 Å². The number of aliphatic imine (C=N–C) groups is 1. The average molecular weight is 628 g/mol. The summed E-state index contributed by atoms with van der Waals surface area (Å²) in [4.78, 5) is 5.39. The number of furan rings is 2. The van der Waals surface area contributed by atoms with Crippen LogP contribution < -0.4 is 0 Å². The molecule has 0 radical (unpaired) electrons. The number of rotatable bonds is 4. The molecule has 3 heteroatoms. The minimum Gasteiger partial charge on any atom is -0.456 e. The van der Waals surface area contributed by atoms with Gasteiger partial charge in [0.2, 0.25) is 0 Å². The van der Waals surface area contributed by atoms with Crippen molar-refractivity contribution in [3.8, 4) is 11.1 Å². The van der Waals surface area contributed by atoms with Crippen molar-refractivity contribution in [2.75, 3.05) is 0 Å². The summed E-state index contributed by atoms with van der Waals surface area (Å²) in [7, 11) is 0. The molecule has 230 valence electrons. The number of hydrogen-bond donors (Lipinski definition) is 0. The first-order valence-corrected chi connectivity index (χ1v) is 16.7. The first kappa shape index (κ1) is 27.6. The van der Waals surface area contributed by atoms with Crippen LogP contribution in [0.2, 0.25) is 0 Å². The van der Waals surface area contributed by atoms with Crippen molar-refractivity contribution in [3.05, 3.63) is 181 Å². The van der Waals surface area contributed by atoms with E-state index in [0.29, 0.717) is 0 Å². The summed E-state index contributed by atoms with van der Waals surface area (Å²) in [5, 5.41) is 6.66. The SMILES string of the molecule is C1=C(c2ccccc2)CC=C(c2ccccc2)N=C1c1ccc(-c2cccc3oc4cc5ccccc5cc4c23)c2oc3ccccc3c12. The number of allylic oxidation sites excluding steroid dienone is 3. The smallest absolute Gasteiger partial charge is 0.143 e. The maximum Gasteiger partial charge on any atom is 0.143 e. The van der Waals surface area contributed by atoms with Crippen LogP contribution in [0.3, 0.4) is 0 Å². The van der Waals surface area contributed by atoms with E-state index in [1.165, 1.54) is 16.5 Å². The van der Waals surface area contributed by atoms with E-state index in [-0.39, 0.29) is 0 Å². The van der Waals surface area contributed by atoms with Gasteiger partial charge < -0.3 is 8.83 Å². The van der Waals surface area contributed by atoms with E-state index in [1.807, 2.05) is 12.1 Å². The van der Waals surface area contributed by atoms with Gasteiger partial charge in [-0.05, 0) is 75.9 Å². The zero-order valence-electron chi connectivity index (χ0n) is 26.6. The Bertz CT molecular complexity index is 2830. The van der Waals surface area contributed by atoms with Crippen LogP contribution in [-0.2, 0) is 0 Å². The van der Waals surface area contributed by atoms with Gasteiger partial charge >= 0.3 is 0 Å². The van der Waals surface area contributed by atoms with Crippen LogP contribution >= 0.6 is 0 Å². The second-order valence-electron chi connectivity index (χ2n) is 12.6. The van der Waals surface area contributed by atoms with E-state index in [9.17, 15) is 0 Å². The third-order valence-corrected chi connectivity index (χ3v) is 9.74. The summed E-state index contributed by atoms with van der Waals surface area (Å²) in [6.07, 6.45) is 5.28. The molecule has 9 aromatic rings. The normalized spacial score (nSPS) is 13.6. The maximum atomic E-state index is 6.81. The highest BCUT2D eigenvalue weighted by atomic mass is 16.3. The number of fused-ring (bicyclic) bond motifs is 7. The van der Waals surface area contributed by atoms with Crippen molar-refractivity contribution in [2.45, 2.75) is 6.42 Å². The zero-order chi connectivity index (χ0) is 32.3. The minimum absolute atomic E-state index is 0.777. The van der Waals surface area contributed by atoms with Gasteiger partial charge in [0.05, 0.1) is 11.4 Å². The molecular weight excluding hydrogens is 599 g/mol. The van der Waals surface area contributed by atoms with Gasteiger partial charge in [-0.3, -0.25) is 0 Å². The first-order valence-electron chi connectivity index (χ1n) is 16.7. The van der Waals surface area contributed by atoms with Crippen molar-refractivity contribution >= 4 is 71.6 Å². The van der Waals surface area contributed by atoms with E-state index in [0.717, 1.165) is 89.3 Å². The predicted octanol–water partition coefficient (Wildman–Crippen LogP) is 12.6. The number of nitrogens with zero attached hydrogens (tertiary/aromatic N) is 1. The Labute approximate surface area is 282 Å². The molecule has 3 heterocycles. The Morgan fingerprint density at radius 3 is 2.00 bits per heavy atom. The zero-order valence-corrected chi connectivity index (χ0v) is 26.6. The molecule has 0 aliphatic carbocycles. The summed E-state index contributed by atoms with van der Waals surface area (Å²) in [6, 6.07) is 52.9. The molecule has 0 saturated carbocycles. The molecule has 0 atom stereocenters. The second kappa shape index (κ2) is 11.1. The van der Waals surface area contributed by atoms with Crippen LogP contribution in [0, 0.1) is 0 Å². The van der Waals surface area contributed by atoms with Gasteiger partial charge in [0, 0.05) is 32.7 Å². The van der Waals surface area contributed by atoms with Crippen LogP contribution in [0.1, 0.15) is 23.1 Å². The van der Waals surface area contributed by atoms with Crippen LogP contribution in [0.15, 0.2) is 178 Å². The molecule has 0 unspecified atom stereocenters. The third-order valence-electron chi connectivity index (χ3n) is 9.74. The minimum atomic E-state index is 0.777. The Morgan fingerprint density at radius 1 is 0.469 bits per heavy atom. The van der Waals surface area contributed by atoms with Crippen LogP contribution in [0.25, 0.3) is 77.0 Å². The monoisotopic (exact) mass is 627 g/mol. The molecule has 0 bridgehead atoms. The van der Waals surface area contributed by atoms with E-state index in [1.54, 1.807) is 0 Å². The lowest BCUT2D eigenvalue weighted by molar-refractivity contribution is 0.669. The summed E-state index contributed by atoms with van der Waals surface area (Å²) >= 11 is 0. The van der Waals surface area contributed by atoms with Crippen LogP contribution in [0.5, 0.6) is 0 Å². The summed E-state index contributed by atoms with van der Waals surface area (Å²) in [5.74, 6) is 0. The number of para-hydroxylation sites is 1. The molecule has 7 aromatic carbocycles. The average Bonchev–Trinajstić information content (AvgIpc) is 3.64. The summed E-state index contributed by atoms with van der Waals surface area (Å²) < 4.78 is 13.3. The standard InChI is InChI=1S/C46H29NO2/c1-3-12-29(13-4-1)33-22-25-39(30-14-5-2-6-15-30)47-40(27-33)36-24-23-35(46-45(36)37-18-9-10-20-41(37)49-46)34-19-11-21-42-44(34)38-26-31-16-7-8-17-32(31)28-43(38)48-42/h1-21,23-28H,22H2. The van der Waals surface area contributed by atoms with E-state index >= 15 is 0 Å². The fourth-order valence-corrected chi connectivity index (χ4v) is 7.41. The van der Waals surface area contributed by atoms with Gasteiger partial charge in [0.15, 0.2) is 0 Å². The molecule has 49 heavy (non-hydrogen) atoms. The van der Waals surface area contributed by atoms with Crippen molar-refractivity contribution in [2.24, 2.45) is 4.99 Å². The van der Waals surface area contributed by atoms with Crippen LogP contribution in [0.4, 0.5) is 0 Å². The Morgan fingerprint density at radius 2 is 1.16 bits per heavy atom. The Kier molecular flexibility index (Phi) is 6.25. The fraction of sp³-hybridized carbons (Fsp3) is 0.0217. The molecule has 1 aliphatic heterocycles. The lowest BCUT2D eigenvalue weighted by atomic mass is 9.92. The highest BCUT2D eigenvalue weighted by Gasteiger charge is 2.22. The molecule has 1 aliphatic rings. The van der Waals surface area contributed by atoms with E-state index in [2.05, 4.69) is 152 Å². The molecule has 0 spiro atoms. The number of hydrogen-bond acceptors (Lipinski definition) is 3. The van der Waals surface area contributed by atoms with Crippen LogP contribution in [-0.4, -0.2) is 5.71 Å². The molecule has 0 fully saturated rings. The molecule has 2 aromatic heterocycles. The third kappa shape index (κ3) is 4.55. The maximum absolute atomic E-state index is 6.81. The lowest BCUT2D eigenvalue weighted by Gasteiger charge is -2.11.